The van der Waals surface area contributed by atoms with Crippen LogP contribution in [0.5, 0.6) is 0 Å². The average molecular weight is 309 g/mol. The summed E-state index contributed by atoms with van der Waals surface area (Å²) in [6, 6.07) is 3.41. The fourth-order valence-corrected chi connectivity index (χ4v) is 2.05. The lowest BCUT2D eigenvalue weighted by Gasteiger charge is -2.34. The van der Waals surface area contributed by atoms with Gasteiger partial charge in [-0.3, -0.25) is 5.32 Å². The highest BCUT2D eigenvalue weighted by atomic mass is 16.6. The van der Waals surface area contributed by atoms with Gasteiger partial charge < -0.3 is 19.3 Å². The van der Waals surface area contributed by atoms with Crippen LogP contribution < -0.4 is 10.2 Å². The number of nitrogens with one attached hydrogen (secondary N) is 1. The van der Waals surface area contributed by atoms with Crippen molar-refractivity contribution in [1.82, 2.24) is 15.1 Å². The van der Waals surface area contributed by atoms with Gasteiger partial charge in [0, 0.05) is 26.2 Å². The summed E-state index contributed by atoms with van der Waals surface area (Å²) in [5, 5.41) is 10.4. The maximum Gasteiger partial charge on any atom is 0.412 e. The van der Waals surface area contributed by atoms with Crippen molar-refractivity contribution in [3.63, 3.8) is 0 Å². The van der Waals surface area contributed by atoms with Crippen molar-refractivity contribution in [2.75, 3.05) is 50.1 Å². The van der Waals surface area contributed by atoms with Crippen LogP contribution in [0.2, 0.25) is 0 Å². The second kappa shape index (κ2) is 7.43. The van der Waals surface area contributed by atoms with Crippen molar-refractivity contribution in [3.8, 4) is 0 Å². The molecule has 9 nitrogen and oxygen atoms in total. The van der Waals surface area contributed by atoms with Gasteiger partial charge in [0.15, 0.2) is 11.6 Å². The van der Waals surface area contributed by atoms with Gasteiger partial charge in [-0.25, -0.2) is 9.59 Å². The number of hydrogen-bond acceptors (Lipinski definition) is 7. The first kappa shape index (κ1) is 15.8. The number of carbonyl (C=O) groups excluding carboxylic acids is 2. The van der Waals surface area contributed by atoms with Gasteiger partial charge in [0.1, 0.15) is 0 Å². The second-order valence-electron chi connectivity index (χ2n) is 4.57. The normalized spacial score (nSPS) is 14.5. The molecule has 0 saturated carbocycles. The lowest BCUT2D eigenvalue weighted by Crippen LogP contribution is -2.49. The summed E-state index contributed by atoms with van der Waals surface area (Å²) in [7, 11) is 1.28. The van der Waals surface area contributed by atoms with E-state index in [2.05, 4.69) is 20.3 Å². The quantitative estimate of drug-likeness (QED) is 0.887. The molecule has 0 spiro atoms. The fourth-order valence-electron chi connectivity index (χ4n) is 2.05. The summed E-state index contributed by atoms with van der Waals surface area (Å²) in [6.07, 6.45) is -0.879. The highest BCUT2D eigenvalue weighted by Gasteiger charge is 2.22. The number of rotatable bonds is 3. The Hall–Kier alpha value is -2.58. The van der Waals surface area contributed by atoms with Crippen LogP contribution in [0.25, 0.3) is 0 Å². The van der Waals surface area contributed by atoms with Crippen molar-refractivity contribution in [1.29, 1.82) is 0 Å². The lowest BCUT2D eigenvalue weighted by molar-refractivity contribution is 0.105. The molecule has 2 heterocycles. The molecule has 1 aliphatic rings. The van der Waals surface area contributed by atoms with E-state index >= 15 is 0 Å². The SMILES string of the molecule is CCOC(=O)N1CCN(c2ccc(NC(=O)OC)nn2)CC1. The smallest absolute Gasteiger partial charge is 0.412 e. The summed E-state index contributed by atoms with van der Waals surface area (Å²) < 4.78 is 9.45. The van der Waals surface area contributed by atoms with Crippen LogP contribution in [0.3, 0.4) is 0 Å². The van der Waals surface area contributed by atoms with Gasteiger partial charge in [-0.2, -0.15) is 0 Å². The van der Waals surface area contributed by atoms with Gasteiger partial charge in [-0.15, -0.1) is 10.2 Å². The van der Waals surface area contributed by atoms with E-state index in [1.807, 2.05) is 4.90 Å². The molecular formula is C13H19N5O4. The molecule has 0 atom stereocenters. The van der Waals surface area contributed by atoms with Crippen molar-refractivity contribution in [3.05, 3.63) is 12.1 Å². The fraction of sp³-hybridized carbons (Fsp3) is 0.538. The zero-order valence-corrected chi connectivity index (χ0v) is 12.6. The maximum atomic E-state index is 11.6. The van der Waals surface area contributed by atoms with Crippen LogP contribution in [0.15, 0.2) is 12.1 Å². The third kappa shape index (κ3) is 3.96. The number of anilines is 2. The van der Waals surface area contributed by atoms with Crippen LogP contribution in [-0.2, 0) is 9.47 Å². The third-order valence-electron chi connectivity index (χ3n) is 3.20. The van der Waals surface area contributed by atoms with E-state index in [0.29, 0.717) is 44.4 Å². The average Bonchev–Trinajstić information content (AvgIpc) is 2.56. The molecule has 0 unspecified atom stereocenters. The number of piperazine rings is 1. The molecule has 2 amide bonds. The van der Waals surface area contributed by atoms with Gasteiger partial charge >= 0.3 is 12.2 Å². The van der Waals surface area contributed by atoms with Gasteiger partial charge in [0.2, 0.25) is 0 Å². The van der Waals surface area contributed by atoms with Crippen LogP contribution >= 0.6 is 0 Å². The lowest BCUT2D eigenvalue weighted by atomic mass is 10.3. The highest BCUT2D eigenvalue weighted by Crippen LogP contribution is 2.14. The predicted molar refractivity (Wildman–Crippen MR) is 78.9 cm³/mol. The van der Waals surface area contributed by atoms with E-state index in [1.54, 1.807) is 24.0 Å². The molecule has 120 valence electrons. The summed E-state index contributed by atoms with van der Waals surface area (Å²) in [5.74, 6) is 1.01. The van der Waals surface area contributed by atoms with E-state index in [0.717, 1.165) is 0 Å². The Morgan fingerprint density at radius 3 is 2.50 bits per heavy atom. The minimum absolute atomic E-state index is 0.286. The second-order valence-corrected chi connectivity index (χ2v) is 4.57. The van der Waals surface area contributed by atoms with Crippen molar-refractivity contribution in [2.45, 2.75) is 6.92 Å². The van der Waals surface area contributed by atoms with Crippen molar-refractivity contribution < 1.29 is 19.1 Å². The monoisotopic (exact) mass is 309 g/mol. The molecule has 1 aliphatic heterocycles. The minimum Gasteiger partial charge on any atom is -0.453 e. The topological polar surface area (TPSA) is 96.9 Å². The number of amides is 2. The number of methoxy groups -OCH3 is 1. The Labute approximate surface area is 128 Å². The summed E-state index contributed by atoms with van der Waals surface area (Å²) >= 11 is 0. The molecule has 0 aromatic carbocycles. The highest BCUT2D eigenvalue weighted by molar-refractivity contribution is 5.83. The third-order valence-corrected chi connectivity index (χ3v) is 3.20. The van der Waals surface area contributed by atoms with E-state index in [1.165, 1.54) is 7.11 Å². The largest absolute Gasteiger partial charge is 0.453 e. The number of ether oxygens (including phenoxy) is 2. The molecule has 1 aromatic rings. The first-order chi connectivity index (χ1) is 10.6. The van der Waals surface area contributed by atoms with Crippen molar-refractivity contribution >= 4 is 23.8 Å². The minimum atomic E-state index is -0.592. The Kier molecular flexibility index (Phi) is 5.34. The molecule has 2 rings (SSSR count). The van der Waals surface area contributed by atoms with E-state index in [4.69, 9.17) is 4.74 Å². The van der Waals surface area contributed by atoms with E-state index in [9.17, 15) is 9.59 Å². The first-order valence-corrected chi connectivity index (χ1v) is 6.99. The molecule has 0 radical (unpaired) electrons. The summed E-state index contributed by atoms with van der Waals surface area (Å²) in [6.45, 7) is 4.60. The predicted octanol–water partition coefficient (Wildman–Crippen LogP) is 0.933. The first-order valence-electron chi connectivity index (χ1n) is 6.99. The molecule has 1 N–H and O–H groups in total. The summed E-state index contributed by atoms with van der Waals surface area (Å²) in [5.41, 5.74) is 0. The van der Waals surface area contributed by atoms with Gasteiger partial charge in [0.25, 0.3) is 0 Å². The molecule has 0 bridgehead atoms. The Bertz CT molecular complexity index is 514. The number of hydrogen-bond donors (Lipinski definition) is 1. The standard InChI is InChI=1S/C13H19N5O4/c1-3-22-13(20)18-8-6-17(7-9-18)11-5-4-10(15-16-11)14-12(19)21-2/h4-5H,3,6-9H2,1-2H3,(H,14,15,19). The Balaban J connectivity index is 1.88. The molecule has 1 fully saturated rings. The van der Waals surface area contributed by atoms with E-state index < -0.39 is 6.09 Å². The van der Waals surface area contributed by atoms with Crippen LogP contribution in [-0.4, -0.2) is 67.2 Å². The van der Waals surface area contributed by atoms with Gasteiger partial charge in [-0.1, -0.05) is 0 Å². The Morgan fingerprint density at radius 2 is 1.95 bits per heavy atom. The van der Waals surface area contributed by atoms with Crippen molar-refractivity contribution in [2.24, 2.45) is 0 Å². The zero-order valence-electron chi connectivity index (χ0n) is 12.6. The molecule has 22 heavy (non-hydrogen) atoms. The van der Waals surface area contributed by atoms with E-state index in [-0.39, 0.29) is 6.09 Å². The Morgan fingerprint density at radius 1 is 1.23 bits per heavy atom. The maximum absolute atomic E-state index is 11.6. The molecule has 0 aliphatic carbocycles. The van der Waals surface area contributed by atoms with Crippen LogP contribution in [0.1, 0.15) is 6.92 Å². The zero-order chi connectivity index (χ0) is 15.9. The van der Waals surface area contributed by atoms with Crippen LogP contribution in [0, 0.1) is 0 Å². The van der Waals surface area contributed by atoms with Crippen LogP contribution in [0.4, 0.5) is 21.2 Å². The molecule has 1 saturated heterocycles. The number of carbonyl (C=O) groups is 2. The summed E-state index contributed by atoms with van der Waals surface area (Å²) in [4.78, 5) is 26.4. The van der Waals surface area contributed by atoms with Gasteiger partial charge in [0.05, 0.1) is 13.7 Å². The number of aromatic nitrogens is 2. The molecule has 9 heteroatoms. The molecular weight excluding hydrogens is 290 g/mol. The molecule has 1 aromatic heterocycles. The number of nitrogens with zero attached hydrogens (tertiary/aromatic N) is 4. The van der Waals surface area contributed by atoms with Gasteiger partial charge in [-0.05, 0) is 19.1 Å².